The van der Waals surface area contributed by atoms with Crippen molar-refractivity contribution < 1.29 is 9.90 Å². The predicted molar refractivity (Wildman–Crippen MR) is 40.0 cm³/mol. The summed E-state index contributed by atoms with van der Waals surface area (Å²) in [6, 6.07) is 0. The number of carboxylic acid groups (broad SMARTS) is 1. The maximum Gasteiger partial charge on any atom is 0.122 e. The van der Waals surface area contributed by atoms with Crippen LogP contribution in [0.2, 0.25) is 0 Å². The van der Waals surface area contributed by atoms with Crippen LogP contribution in [0.15, 0.2) is 4.47 Å². The van der Waals surface area contributed by atoms with E-state index in [1.807, 2.05) is 0 Å². The van der Waals surface area contributed by atoms with Gasteiger partial charge in [0, 0.05) is 12.7 Å². The van der Waals surface area contributed by atoms with Crippen molar-refractivity contribution in [2.24, 2.45) is 7.05 Å². The highest BCUT2D eigenvalue weighted by Crippen LogP contribution is 2.18. The molecule has 4 nitrogen and oxygen atoms in total. The van der Waals surface area contributed by atoms with Gasteiger partial charge in [-0.25, -0.2) is 0 Å². The van der Waals surface area contributed by atoms with Crippen molar-refractivity contribution in [3.63, 3.8) is 0 Å². The first kappa shape index (κ1) is 8.26. The van der Waals surface area contributed by atoms with Crippen LogP contribution in [0.4, 0.5) is 0 Å². The second kappa shape index (κ2) is 2.65. The first-order valence-corrected chi connectivity index (χ1v) is 3.73. The largest absolute Gasteiger partial charge is 0.543 e. The van der Waals surface area contributed by atoms with Gasteiger partial charge in [-0.2, -0.15) is 5.10 Å². The van der Waals surface area contributed by atoms with E-state index in [4.69, 9.17) is 0 Å². The van der Waals surface area contributed by atoms with Crippen molar-refractivity contribution in [3.05, 3.63) is 15.9 Å². The van der Waals surface area contributed by atoms with Gasteiger partial charge in [0.15, 0.2) is 0 Å². The maximum atomic E-state index is 10.4. The summed E-state index contributed by atoms with van der Waals surface area (Å²) in [7, 11) is 1.67. The van der Waals surface area contributed by atoms with Gasteiger partial charge in [0.05, 0.1) is 10.4 Å². The van der Waals surface area contributed by atoms with Gasteiger partial charge in [-0.15, -0.1) is 0 Å². The Balaban J connectivity index is 3.29. The fourth-order valence-corrected chi connectivity index (χ4v) is 1.21. The molecule has 5 heteroatoms. The van der Waals surface area contributed by atoms with E-state index in [1.165, 1.54) is 4.68 Å². The van der Waals surface area contributed by atoms with E-state index < -0.39 is 5.97 Å². The van der Waals surface area contributed by atoms with Crippen molar-refractivity contribution in [2.75, 3.05) is 0 Å². The first-order chi connectivity index (χ1) is 5.04. The van der Waals surface area contributed by atoms with Crippen LogP contribution in [0.3, 0.4) is 0 Å². The Kier molecular flexibility index (Phi) is 1.99. The molecule has 0 fully saturated rings. The van der Waals surface area contributed by atoms with Crippen molar-refractivity contribution in [2.45, 2.75) is 6.92 Å². The maximum absolute atomic E-state index is 10.4. The molecule has 0 N–H and O–H groups in total. The lowest BCUT2D eigenvalue weighted by Crippen LogP contribution is -2.23. The van der Waals surface area contributed by atoms with E-state index >= 15 is 0 Å². The van der Waals surface area contributed by atoms with Crippen LogP contribution < -0.4 is 5.11 Å². The third-order valence-electron chi connectivity index (χ3n) is 1.45. The van der Waals surface area contributed by atoms with Gasteiger partial charge < -0.3 is 9.90 Å². The highest BCUT2D eigenvalue weighted by molar-refractivity contribution is 9.10. The SMILES string of the molecule is Cc1c(Br)c(C(=O)[O-])nn1C. The van der Waals surface area contributed by atoms with E-state index in [-0.39, 0.29) is 5.69 Å². The molecule has 0 amide bonds. The van der Waals surface area contributed by atoms with E-state index in [2.05, 4.69) is 21.0 Å². The number of aryl methyl sites for hydroxylation is 1. The summed E-state index contributed by atoms with van der Waals surface area (Å²) in [5, 5.41) is 14.1. The van der Waals surface area contributed by atoms with Crippen molar-refractivity contribution in [3.8, 4) is 0 Å². The molecule has 1 aromatic heterocycles. The monoisotopic (exact) mass is 217 g/mol. The Bertz CT molecular complexity index is 306. The minimum atomic E-state index is -1.26. The number of carbonyl (C=O) groups is 1. The second-order valence-electron chi connectivity index (χ2n) is 2.16. The summed E-state index contributed by atoms with van der Waals surface area (Å²) < 4.78 is 1.97. The summed E-state index contributed by atoms with van der Waals surface area (Å²) in [5.74, 6) is -1.26. The minimum Gasteiger partial charge on any atom is -0.543 e. The van der Waals surface area contributed by atoms with E-state index in [0.29, 0.717) is 4.47 Å². The number of nitrogens with zero attached hydrogens (tertiary/aromatic N) is 2. The molecule has 1 heterocycles. The number of hydrogen-bond donors (Lipinski definition) is 0. The van der Waals surface area contributed by atoms with Crippen molar-refractivity contribution in [1.29, 1.82) is 0 Å². The van der Waals surface area contributed by atoms with Crippen LogP contribution in [0.25, 0.3) is 0 Å². The molecule has 0 spiro atoms. The van der Waals surface area contributed by atoms with Gasteiger partial charge in [0.25, 0.3) is 0 Å². The molecule has 1 rings (SSSR count). The normalized spacial score (nSPS) is 10.1. The lowest BCUT2D eigenvalue weighted by Gasteiger charge is -1.94. The zero-order valence-electron chi connectivity index (χ0n) is 6.09. The van der Waals surface area contributed by atoms with Crippen LogP contribution in [-0.2, 0) is 7.05 Å². The number of hydrogen-bond acceptors (Lipinski definition) is 3. The molecule has 60 valence electrons. The number of aromatic carboxylic acids is 1. The van der Waals surface area contributed by atoms with Crippen molar-refractivity contribution >= 4 is 21.9 Å². The van der Waals surface area contributed by atoms with E-state index in [0.717, 1.165) is 5.69 Å². The zero-order chi connectivity index (χ0) is 8.59. The molecule has 1 aromatic rings. The molecule has 0 saturated heterocycles. The number of carboxylic acids is 1. The highest BCUT2D eigenvalue weighted by Gasteiger charge is 2.09. The molecule has 0 unspecified atom stereocenters. The molecule has 0 saturated carbocycles. The van der Waals surface area contributed by atoms with Gasteiger partial charge in [0.2, 0.25) is 0 Å². The van der Waals surface area contributed by atoms with Crippen LogP contribution >= 0.6 is 15.9 Å². The quantitative estimate of drug-likeness (QED) is 0.658. The van der Waals surface area contributed by atoms with Gasteiger partial charge in [-0.05, 0) is 22.9 Å². The lowest BCUT2D eigenvalue weighted by atomic mass is 10.4. The molecule has 11 heavy (non-hydrogen) atoms. The molecule has 0 aromatic carbocycles. The summed E-state index contributed by atoms with van der Waals surface area (Å²) in [6.07, 6.45) is 0. The lowest BCUT2D eigenvalue weighted by molar-refractivity contribution is -0.255. The highest BCUT2D eigenvalue weighted by atomic mass is 79.9. The van der Waals surface area contributed by atoms with Gasteiger partial charge in [-0.1, -0.05) is 0 Å². The topological polar surface area (TPSA) is 57.9 Å². The standard InChI is InChI=1S/C6H7BrN2O2/c1-3-4(7)5(6(10)11)8-9(3)2/h1-2H3,(H,10,11)/p-1. The number of halogens is 1. The molecule has 0 aliphatic heterocycles. The van der Waals surface area contributed by atoms with Crippen molar-refractivity contribution in [1.82, 2.24) is 9.78 Å². The Morgan fingerprint density at radius 3 is 2.45 bits per heavy atom. The Morgan fingerprint density at radius 1 is 1.73 bits per heavy atom. The Labute approximate surface area is 72.0 Å². The number of carbonyl (C=O) groups excluding carboxylic acids is 1. The third kappa shape index (κ3) is 1.28. The smallest absolute Gasteiger partial charge is 0.122 e. The van der Waals surface area contributed by atoms with E-state index in [9.17, 15) is 9.90 Å². The summed E-state index contributed by atoms with van der Waals surface area (Å²) >= 11 is 3.10. The van der Waals surface area contributed by atoms with Gasteiger partial charge in [-0.3, -0.25) is 4.68 Å². The predicted octanol–water partition coefficient (Wildman–Crippen LogP) is -0.145. The average molecular weight is 218 g/mol. The Morgan fingerprint density at radius 2 is 2.27 bits per heavy atom. The zero-order valence-corrected chi connectivity index (χ0v) is 7.67. The second-order valence-corrected chi connectivity index (χ2v) is 2.95. The number of rotatable bonds is 1. The molecule has 0 aliphatic carbocycles. The van der Waals surface area contributed by atoms with Crippen LogP contribution in [0.5, 0.6) is 0 Å². The summed E-state index contributed by atoms with van der Waals surface area (Å²) in [5.41, 5.74) is 0.717. The molecule has 0 aliphatic rings. The van der Waals surface area contributed by atoms with Crippen LogP contribution in [0, 0.1) is 6.92 Å². The third-order valence-corrected chi connectivity index (χ3v) is 2.40. The fourth-order valence-electron chi connectivity index (χ4n) is 0.713. The Hall–Kier alpha value is -0.840. The molecule has 0 bridgehead atoms. The van der Waals surface area contributed by atoms with Gasteiger partial charge in [0.1, 0.15) is 5.69 Å². The minimum absolute atomic E-state index is 0.0509. The number of aromatic nitrogens is 2. The summed E-state index contributed by atoms with van der Waals surface area (Å²) in [6.45, 7) is 1.77. The average Bonchev–Trinajstić information content (AvgIpc) is 2.17. The first-order valence-electron chi connectivity index (χ1n) is 2.94. The van der Waals surface area contributed by atoms with Crippen LogP contribution in [0.1, 0.15) is 16.2 Å². The molecular weight excluding hydrogens is 212 g/mol. The summed E-state index contributed by atoms with van der Waals surface area (Å²) in [4.78, 5) is 10.4. The van der Waals surface area contributed by atoms with Gasteiger partial charge >= 0.3 is 0 Å². The molecule has 0 atom stereocenters. The van der Waals surface area contributed by atoms with E-state index in [1.54, 1.807) is 14.0 Å². The molecular formula is C6H6BrN2O2-. The van der Waals surface area contributed by atoms with Crippen LogP contribution in [-0.4, -0.2) is 15.7 Å². The molecule has 0 radical (unpaired) electrons. The fraction of sp³-hybridized carbons (Fsp3) is 0.333.